The van der Waals surface area contributed by atoms with Gasteiger partial charge in [0.2, 0.25) is 5.91 Å². The SMILES string of the molecule is C[C@@H](C(N)=O)c1cccc([N+](=O)[O-])c1. The first-order chi connectivity index (χ1) is 6.52. The largest absolute Gasteiger partial charge is 0.369 e. The van der Waals surface area contributed by atoms with Gasteiger partial charge in [0, 0.05) is 12.1 Å². The van der Waals surface area contributed by atoms with E-state index in [9.17, 15) is 14.9 Å². The molecule has 1 rings (SSSR count). The molecule has 1 aromatic carbocycles. The number of nitro groups is 1. The molecule has 0 fully saturated rings. The molecule has 0 aliphatic heterocycles. The molecule has 1 aromatic rings. The van der Waals surface area contributed by atoms with Gasteiger partial charge in [0.25, 0.3) is 5.69 Å². The van der Waals surface area contributed by atoms with Gasteiger partial charge in [0.15, 0.2) is 0 Å². The van der Waals surface area contributed by atoms with Crippen LogP contribution < -0.4 is 5.73 Å². The number of non-ortho nitro benzene ring substituents is 1. The monoisotopic (exact) mass is 194 g/mol. The Balaban J connectivity index is 3.05. The predicted octanol–water partition coefficient (Wildman–Crippen LogP) is 1.18. The molecule has 0 saturated heterocycles. The Morgan fingerprint density at radius 3 is 2.71 bits per heavy atom. The van der Waals surface area contributed by atoms with Crippen LogP contribution in [0.15, 0.2) is 24.3 Å². The van der Waals surface area contributed by atoms with Crippen molar-refractivity contribution >= 4 is 11.6 Å². The van der Waals surface area contributed by atoms with Crippen molar-refractivity contribution in [3.8, 4) is 0 Å². The third-order valence-corrected chi connectivity index (χ3v) is 2.01. The molecule has 1 atom stereocenters. The Labute approximate surface area is 80.7 Å². The van der Waals surface area contributed by atoms with Crippen LogP contribution in [0.1, 0.15) is 18.4 Å². The molecule has 1 amide bonds. The van der Waals surface area contributed by atoms with Crippen molar-refractivity contribution in [2.75, 3.05) is 0 Å². The summed E-state index contributed by atoms with van der Waals surface area (Å²) < 4.78 is 0. The average molecular weight is 194 g/mol. The van der Waals surface area contributed by atoms with Crippen LogP contribution in [0.4, 0.5) is 5.69 Å². The van der Waals surface area contributed by atoms with Gasteiger partial charge in [-0.25, -0.2) is 0 Å². The summed E-state index contributed by atoms with van der Waals surface area (Å²) in [6, 6.07) is 5.90. The fraction of sp³-hybridized carbons (Fsp3) is 0.222. The molecule has 0 unspecified atom stereocenters. The van der Waals surface area contributed by atoms with Crippen LogP contribution in [0.3, 0.4) is 0 Å². The zero-order valence-electron chi connectivity index (χ0n) is 7.64. The summed E-state index contributed by atoms with van der Waals surface area (Å²) in [6.07, 6.45) is 0. The third kappa shape index (κ3) is 2.07. The van der Waals surface area contributed by atoms with Crippen LogP contribution in [0.5, 0.6) is 0 Å². The Kier molecular flexibility index (Phi) is 2.81. The Morgan fingerprint density at radius 1 is 1.57 bits per heavy atom. The highest BCUT2D eigenvalue weighted by Crippen LogP contribution is 2.19. The lowest BCUT2D eigenvalue weighted by Gasteiger charge is -2.06. The fourth-order valence-corrected chi connectivity index (χ4v) is 1.07. The summed E-state index contributed by atoms with van der Waals surface area (Å²) in [5, 5.41) is 10.4. The number of nitrogens with zero attached hydrogens (tertiary/aromatic N) is 1. The summed E-state index contributed by atoms with van der Waals surface area (Å²) >= 11 is 0. The maximum absolute atomic E-state index is 10.8. The zero-order valence-corrected chi connectivity index (χ0v) is 7.64. The molecule has 0 aliphatic rings. The molecular weight excluding hydrogens is 184 g/mol. The standard InChI is InChI=1S/C9H10N2O3/c1-6(9(10)12)7-3-2-4-8(5-7)11(13)14/h2-6H,1H3,(H2,10,12)/t6-/m1/s1. The summed E-state index contributed by atoms with van der Waals surface area (Å²) in [5.74, 6) is -1.000. The molecule has 5 heteroatoms. The topological polar surface area (TPSA) is 86.2 Å². The fourth-order valence-electron chi connectivity index (χ4n) is 1.07. The van der Waals surface area contributed by atoms with E-state index in [1.807, 2.05) is 0 Å². The lowest BCUT2D eigenvalue weighted by molar-refractivity contribution is -0.384. The molecule has 0 aromatic heterocycles. The Hall–Kier alpha value is -1.91. The van der Waals surface area contributed by atoms with E-state index in [4.69, 9.17) is 5.73 Å². The maximum Gasteiger partial charge on any atom is 0.269 e. The minimum atomic E-state index is -0.505. The van der Waals surface area contributed by atoms with Crippen LogP contribution in [0, 0.1) is 10.1 Å². The smallest absolute Gasteiger partial charge is 0.269 e. The lowest BCUT2D eigenvalue weighted by atomic mass is 10.0. The molecule has 0 spiro atoms. The van der Waals surface area contributed by atoms with Crippen LogP contribution in [-0.4, -0.2) is 10.8 Å². The van der Waals surface area contributed by atoms with E-state index in [0.29, 0.717) is 5.56 Å². The normalized spacial score (nSPS) is 12.1. The highest BCUT2D eigenvalue weighted by atomic mass is 16.6. The van der Waals surface area contributed by atoms with Gasteiger partial charge in [0.05, 0.1) is 10.8 Å². The van der Waals surface area contributed by atoms with Crippen molar-refractivity contribution in [2.24, 2.45) is 5.73 Å². The minimum absolute atomic E-state index is 0.0319. The Bertz CT molecular complexity index is 376. The number of nitrogens with two attached hydrogens (primary N) is 1. The van der Waals surface area contributed by atoms with E-state index in [1.165, 1.54) is 18.2 Å². The number of amides is 1. The van der Waals surface area contributed by atoms with E-state index in [2.05, 4.69) is 0 Å². The number of hydrogen-bond donors (Lipinski definition) is 1. The molecule has 0 bridgehead atoms. The number of nitro benzene ring substituents is 1. The molecular formula is C9H10N2O3. The highest BCUT2D eigenvalue weighted by Gasteiger charge is 2.14. The molecule has 5 nitrogen and oxygen atoms in total. The molecule has 2 N–H and O–H groups in total. The van der Waals surface area contributed by atoms with Gasteiger partial charge in [-0.1, -0.05) is 12.1 Å². The molecule has 0 aliphatic carbocycles. The summed E-state index contributed by atoms with van der Waals surface area (Å²) in [5.41, 5.74) is 5.62. The molecule has 0 heterocycles. The number of carbonyl (C=O) groups excluding carboxylic acids is 1. The van der Waals surface area contributed by atoms with Gasteiger partial charge in [-0.15, -0.1) is 0 Å². The quantitative estimate of drug-likeness (QED) is 0.579. The van der Waals surface area contributed by atoms with E-state index in [1.54, 1.807) is 13.0 Å². The van der Waals surface area contributed by atoms with Crippen LogP contribution in [0.2, 0.25) is 0 Å². The zero-order chi connectivity index (χ0) is 10.7. The van der Waals surface area contributed by atoms with E-state index < -0.39 is 16.7 Å². The van der Waals surface area contributed by atoms with E-state index in [-0.39, 0.29) is 5.69 Å². The number of rotatable bonds is 3. The molecule has 0 radical (unpaired) electrons. The summed E-state index contributed by atoms with van der Waals surface area (Å²) in [4.78, 5) is 20.8. The van der Waals surface area contributed by atoms with Gasteiger partial charge in [-0.3, -0.25) is 14.9 Å². The van der Waals surface area contributed by atoms with E-state index >= 15 is 0 Å². The van der Waals surface area contributed by atoms with Crippen LogP contribution in [0.25, 0.3) is 0 Å². The predicted molar refractivity (Wildman–Crippen MR) is 50.7 cm³/mol. The van der Waals surface area contributed by atoms with Crippen molar-refractivity contribution in [1.82, 2.24) is 0 Å². The molecule has 14 heavy (non-hydrogen) atoms. The van der Waals surface area contributed by atoms with Crippen LogP contribution >= 0.6 is 0 Å². The second kappa shape index (κ2) is 3.87. The summed E-state index contributed by atoms with van der Waals surface area (Å²) in [7, 11) is 0. The van der Waals surface area contributed by atoms with Gasteiger partial charge in [-0.2, -0.15) is 0 Å². The first-order valence-electron chi connectivity index (χ1n) is 4.06. The lowest BCUT2D eigenvalue weighted by Crippen LogP contribution is -2.18. The highest BCUT2D eigenvalue weighted by molar-refractivity contribution is 5.81. The number of carbonyl (C=O) groups is 1. The van der Waals surface area contributed by atoms with Crippen molar-refractivity contribution in [3.05, 3.63) is 39.9 Å². The molecule has 74 valence electrons. The van der Waals surface area contributed by atoms with Crippen molar-refractivity contribution in [3.63, 3.8) is 0 Å². The Morgan fingerprint density at radius 2 is 2.21 bits per heavy atom. The second-order valence-electron chi connectivity index (χ2n) is 2.98. The first kappa shape index (κ1) is 10.2. The van der Waals surface area contributed by atoms with Crippen LogP contribution in [-0.2, 0) is 4.79 Å². The maximum atomic E-state index is 10.8. The first-order valence-corrected chi connectivity index (χ1v) is 4.06. The molecule has 0 saturated carbocycles. The van der Waals surface area contributed by atoms with Gasteiger partial charge in [-0.05, 0) is 12.5 Å². The van der Waals surface area contributed by atoms with Gasteiger partial charge in [0.1, 0.15) is 0 Å². The average Bonchev–Trinajstić information content (AvgIpc) is 2.16. The van der Waals surface area contributed by atoms with Crippen molar-refractivity contribution < 1.29 is 9.72 Å². The van der Waals surface area contributed by atoms with Gasteiger partial charge < -0.3 is 5.73 Å². The number of benzene rings is 1. The van der Waals surface area contributed by atoms with E-state index in [0.717, 1.165) is 0 Å². The van der Waals surface area contributed by atoms with Crippen molar-refractivity contribution in [1.29, 1.82) is 0 Å². The van der Waals surface area contributed by atoms with Crippen molar-refractivity contribution in [2.45, 2.75) is 12.8 Å². The van der Waals surface area contributed by atoms with Gasteiger partial charge >= 0.3 is 0 Å². The summed E-state index contributed by atoms with van der Waals surface area (Å²) in [6.45, 7) is 1.61. The second-order valence-corrected chi connectivity index (χ2v) is 2.98. The number of primary amides is 1. The third-order valence-electron chi connectivity index (χ3n) is 2.01. The number of hydrogen-bond acceptors (Lipinski definition) is 3. The minimum Gasteiger partial charge on any atom is -0.369 e.